The van der Waals surface area contributed by atoms with Crippen LogP contribution in [0.15, 0.2) is 140 Å². The number of fused-ring (bicyclic) bond motifs is 3. The maximum absolute atomic E-state index is 5.64. The zero-order valence-electron chi connectivity index (χ0n) is 37.1. The molecule has 6 nitrogen and oxygen atoms in total. The molecule has 0 amide bonds. The predicted molar refractivity (Wildman–Crippen MR) is 252 cm³/mol. The van der Waals surface area contributed by atoms with Crippen molar-refractivity contribution in [3.05, 3.63) is 162 Å². The van der Waals surface area contributed by atoms with E-state index in [4.69, 9.17) is 9.47 Å². The first-order valence-electron chi connectivity index (χ1n) is 21.0. The Hall–Kier alpha value is -5.88. The van der Waals surface area contributed by atoms with Crippen molar-refractivity contribution in [1.29, 1.82) is 0 Å². The van der Waals surface area contributed by atoms with Gasteiger partial charge in [-0.2, -0.15) is 0 Å². The zero-order chi connectivity index (χ0) is 42.5. The third-order valence-electron chi connectivity index (χ3n) is 10.5. The maximum Gasteiger partial charge on any atom is 0.219 e. The average Bonchev–Trinajstić information content (AvgIpc) is 3.24. The van der Waals surface area contributed by atoms with Crippen LogP contribution in [0.5, 0.6) is 17.4 Å². The summed E-state index contributed by atoms with van der Waals surface area (Å²) in [6, 6.07) is 43.7. The second-order valence-corrected chi connectivity index (χ2v) is 16.5. The lowest BCUT2D eigenvalue weighted by Crippen LogP contribution is -2.28. The number of hydrogen-bond acceptors (Lipinski definition) is 6. The summed E-state index contributed by atoms with van der Waals surface area (Å²) in [5, 5.41) is 3.95. The number of aromatic nitrogens is 2. The Balaban J connectivity index is 0.000000150. The summed E-state index contributed by atoms with van der Waals surface area (Å²) in [5.74, 6) is 4.65. The molecule has 0 saturated carbocycles. The minimum Gasteiger partial charge on any atom is -0.490 e. The van der Waals surface area contributed by atoms with Gasteiger partial charge in [0.2, 0.25) is 5.88 Å². The zero-order valence-corrected chi connectivity index (χ0v) is 37.1. The quantitative estimate of drug-likeness (QED) is 0.160. The average molecular weight is 789 g/mol. The van der Waals surface area contributed by atoms with Gasteiger partial charge < -0.3 is 19.3 Å². The predicted octanol–water partition coefficient (Wildman–Crippen LogP) is 14.0. The Morgan fingerprint density at radius 1 is 0.610 bits per heavy atom. The van der Waals surface area contributed by atoms with Crippen molar-refractivity contribution in [2.75, 3.05) is 44.1 Å². The molecule has 0 fully saturated rings. The minimum absolute atomic E-state index is 0.498. The Morgan fingerprint density at radius 3 is 1.92 bits per heavy atom. The summed E-state index contributed by atoms with van der Waals surface area (Å²) >= 11 is 0. The molecule has 0 aliphatic carbocycles. The lowest BCUT2D eigenvalue weighted by molar-refractivity contribution is 0.311. The van der Waals surface area contributed by atoms with Gasteiger partial charge in [-0.3, -0.25) is 4.98 Å². The number of anilines is 2. The fourth-order valence-electron chi connectivity index (χ4n) is 6.94. The van der Waals surface area contributed by atoms with Crippen LogP contribution in [0.4, 0.5) is 11.4 Å². The van der Waals surface area contributed by atoms with Gasteiger partial charge in [0.1, 0.15) is 18.1 Å². The highest BCUT2D eigenvalue weighted by molar-refractivity contribution is 5.96. The van der Waals surface area contributed by atoms with Crippen molar-refractivity contribution >= 4 is 33.1 Å². The van der Waals surface area contributed by atoms with Crippen molar-refractivity contribution in [1.82, 2.24) is 9.97 Å². The van der Waals surface area contributed by atoms with Crippen molar-refractivity contribution in [2.45, 2.75) is 79.1 Å². The van der Waals surface area contributed by atoms with Gasteiger partial charge in [-0.1, -0.05) is 140 Å². The topological polar surface area (TPSA) is 50.7 Å². The Kier molecular flexibility index (Phi) is 15.9. The van der Waals surface area contributed by atoms with Gasteiger partial charge in [0.15, 0.2) is 0 Å². The highest BCUT2D eigenvalue weighted by Gasteiger charge is 2.15. The highest BCUT2D eigenvalue weighted by atomic mass is 16.5. The summed E-state index contributed by atoms with van der Waals surface area (Å²) < 4.78 is 11.2. The summed E-state index contributed by atoms with van der Waals surface area (Å²) in [5.41, 5.74) is 8.97. The number of benzene rings is 5. The first-order valence-corrected chi connectivity index (χ1v) is 21.0. The summed E-state index contributed by atoms with van der Waals surface area (Å²) in [6.45, 7) is 19.4. The van der Waals surface area contributed by atoms with Gasteiger partial charge in [0.25, 0.3) is 0 Å². The molecule has 1 aliphatic rings. The molecule has 0 radical (unpaired) electrons. The fraction of sp³-hybridized carbons (Fsp3) is 0.321. The number of likely N-dealkylation sites (N-methyl/N-ethyl adjacent to an activating group) is 1. The van der Waals surface area contributed by atoms with E-state index in [0.717, 1.165) is 30.2 Å². The van der Waals surface area contributed by atoms with E-state index in [1.165, 1.54) is 49.8 Å². The third kappa shape index (κ3) is 12.1. The van der Waals surface area contributed by atoms with E-state index in [9.17, 15) is 0 Å². The van der Waals surface area contributed by atoms with Crippen molar-refractivity contribution in [3.8, 4) is 17.4 Å². The number of ether oxygens (including phenoxy) is 2. The SMILES string of the molecule is CC(C)c1ccc(Oc2ccccc2)nc1.CC(C)c1ccc2c(c1)OCCN2C.CC(C)c1cccc2c(N(C)C)cccc12.CC(C)c1cccc2cccnc12. The van der Waals surface area contributed by atoms with Gasteiger partial charge >= 0.3 is 0 Å². The summed E-state index contributed by atoms with van der Waals surface area (Å²) in [7, 11) is 6.30. The molecule has 0 atom stereocenters. The third-order valence-corrected chi connectivity index (χ3v) is 10.5. The molecule has 3 heterocycles. The van der Waals surface area contributed by atoms with Crippen LogP contribution in [0, 0.1) is 0 Å². The summed E-state index contributed by atoms with van der Waals surface area (Å²) in [6.07, 6.45) is 3.72. The molecule has 0 bridgehead atoms. The number of para-hydroxylation sites is 2. The van der Waals surface area contributed by atoms with Crippen LogP contribution in [0.1, 0.15) is 101 Å². The van der Waals surface area contributed by atoms with Crippen LogP contribution in [0.25, 0.3) is 21.7 Å². The van der Waals surface area contributed by atoms with Crippen LogP contribution in [0.2, 0.25) is 0 Å². The second kappa shape index (κ2) is 21.2. The number of nitrogens with zero attached hydrogens (tertiary/aromatic N) is 4. The first kappa shape index (κ1) is 44.2. The Morgan fingerprint density at radius 2 is 1.25 bits per heavy atom. The smallest absolute Gasteiger partial charge is 0.219 e. The lowest BCUT2D eigenvalue weighted by Gasteiger charge is -2.28. The van der Waals surface area contributed by atoms with Gasteiger partial charge in [-0.05, 0) is 87.7 Å². The van der Waals surface area contributed by atoms with Crippen LogP contribution in [-0.4, -0.2) is 44.3 Å². The van der Waals surface area contributed by atoms with Gasteiger partial charge in [0.05, 0.1) is 17.7 Å². The number of pyridine rings is 2. The largest absolute Gasteiger partial charge is 0.490 e. The lowest BCUT2D eigenvalue weighted by atomic mass is 9.95. The Bertz CT molecular complexity index is 2300. The molecule has 308 valence electrons. The van der Waals surface area contributed by atoms with Crippen LogP contribution >= 0.6 is 0 Å². The van der Waals surface area contributed by atoms with Gasteiger partial charge in [-0.25, -0.2) is 4.98 Å². The molecule has 0 unspecified atom stereocenters. The van der Waals surface area contributed by atoms with Crippen LogP contribution in [0.3, 0.4) is 0 Å². The molecule has 7 aromatic rings. The van der Waals surface area contributed by atoms with E-state index in [2.05, 4.69) is 181 Å². The molecule has 0 saturated heterocycles. The van der Waals surface area contributed by atoms with Gasteiger partial charge in [0, 0.05) is 56.1 Å². The van der Waals surface area contributed by atoms with E-state index in [1.54, 1.807) is 0 Å². The molecule has 2 aromatic heterocycles. The minimum atomic E-state index is 0.498. The Labute approximate surface area is 353 Å². The van der Waals surface area contributed by atoms with E-state index in [1.807, 2.05) is 54.9 Å². The maximum atomic E-state index is 5.64. The van der Waals surface area contributed by atoms with Crippen molar-refractivity contribution < 1.29 is 9.47 Å². The molecule has 6 heteroatoms. The number of rotatable bonds is 7. The monoisotopic (exact) mass is 789 g/mol. The van der Waals surface area contributed by atoms with E-state index in [0.29, 0.717) is 29.6 Å². The standard InChI is InChI=1S/C15H19N.C14H15NO.C12H17NO.C12H13N/c1-11(2)12-7-5-9-14-13(12)8-6-10-15(14)16(3)4;1-11(2)12-8-9-14(15-10-12)16-13-6-4-3-5-7-13;1-9(2)10-4-5-11-12(8-10)14-7-6-13(11)3;1-9(2)11-7-3-5-10-6-4-8-13-12(10)11/h5-11H,1-4H3;3-11H,1-2H3;4-5,8-9H,6-7H2,1-3H3;3-9H,1-2H3. The van der Waals surface area contributed by atoms with Gasteiger partial charge in [-0.15, -0.1) is 0 Å². The molecular weight excluding hydrogens is 725 g/mol. The van der Waals surface area contributed by atoms with Crippen molar-refractivity contribution in [2.24, 2.45) is 0 Å². The van der Waals surface area contributed by atoms with E-state index in [-0.39, 0.29) is 0 Å². The normalized spacial score (nSPS) is 11.9. The highest BCUT2D eigenvalue weighted by Crippen LogP contribution is 2.34. The molecule has 1 aliphatic heterocycles. The second-order valence-electron chi connectivity index (χ2n) is 16.5. The molecule has 5 aromatic carbocycles. The molecule has 0 spiro atoms. The fourth-order valence-corrected chi connectivity index (χ4v) is 6.94. The van der Waals surface area contributed by atoms with Crippen LogP contribution in [-0.2, 0) is 0 Å². The molecule has 59 heavy (non-hydrogen) atoms. The number of hydrogen-bond donors (Lipinski definition) is 0. The van der Waals surface area contributed by atoms with Crippen molar-refractivity contribution in [3.63, 3.8) is 0 Å². The molecular formula is C53H64N4O2. The molecule has 8 rings (SSSR count). The van der Waals surface area contributed by atoms with E-state index >= 15 is 0 Å². The van der Waals surface area contributed by atoms with E-state index < -0.39 is 0 Å². The summed E-state index contributed by atoms with van der Waals surface area (Å²) in [4.78, 5) is 13.1. The first-order chi connectivity index (χ1) is 28.3. The molecule has 0 N–H and O–H groups in total. The van der Waals surface area contributed by atoms with Crippen LogP contribution < -0.4 is 19.3 Å².